The maximum absolute atomic E-state index is 12.1. The molecule has 0 saturated carbocycles. The SMILES string of the molecule is CCNC(=O)C(=O)NCC(c1ccc(N(C)C)cc1)N1CCc2ccccc21. The molecule has 6 nitrogen and oxygen atoms in total. The van der Waals surface area contributed by atoms with Gasteiger partial charge in [0, 0.05) is 45.1 Å². The minimum Gasteiger partial charge on any atom is -0.378 e. The zero-order chi connectivity index (χ0) is 20.1. The molecule has 2 N–H and O–H groups in total. The molecule has 2 amide bonds. The number of nitrogens with zero attached hydrogens (tertiary/aromatic N) is 2. The molecule has 2 aromatic carbocycles. The highest BCUT2D eigenvalue weighted by atomic mass is 16.2. The monoisotopic (exact) mass is 380 g/mol. The van der Waals surface area contributed by atoms with Crippen molar-refractivity contribution in [2.45, 2.75) is 19.4 Å². The average Bonchev–Trinajstić information content (AvgIpc) is 3.12. The van der Waals surface area contributed by atoms with Gasteiger partial charge in [0.25, 0.3) is 0 Å². The van der Waals surface area contributed by atoms with E-state index in [1.54, 1.807) is 6.92 Å². The van der Waals surface area contributed by atoms with Crippen LogP contribution in [0.4, 0.5) is 11.4 Å². The van der Waals surface area contributed by atoms with Crippen molar-refractivity contribution in [3.63, 3.8) is 0 Å². The van der Waals surface area contributed by atoms with Crippen molar-refractivity contribution in [3.05, 3.63) is 59.7 Å². The lowest BCUT2D eigenvalue weighted by Gasteiger charge is -2.31. The van der Waals surface area contributed by atoms with Crippen molar-refractivity contribution in [2.24, 2.45) is 0 Å². The average molecular weight is 380 g/mol. The Kier molecular flexibility index (Phi) is 6.19. The van der Waals surface area contributed by atoms with E-state index in [1.165, 1.54) is 11.3 Å². The molecule has 0 aromatic heterocycles. The van der Waals surface area contributed by atoms with Crippen LogP contribution in [0.1, 0.15) is 24.1 Å². The summed E-state index contributed by atoms with van der Waals surface area (Å²) < 4.78 is 0. The number of para-hydroxylation sites is 1. The molecule has 0 radical (unpaired) electrons. The van der Waals surface area contributed by atoms with E-state index in [9.17, 15) is 9.59 Å². The second kappa shape index (κ2) is 8.78. The van der Waals surface area contributed by atoms with E-state index >= 15 is 0 Å². The first-order valence-corrected chi connectivity index (χ1v) is 9.69. The number of hydrogen-bond donors (Lipinski definition) is 2. The number of amides is 2. The molecular formula is C22H28N4O2. The Morgan fingerprint density at radius 2 is 1.71 bits per heavy atom. The molecule has 148 valence electrons. The minimum atomic E-state index is -0.593. The Morgan fingerprint density at radius 1 is 1.04 bits per heavy atom. The van der Waals surface area contributed by atoms with E-state index in [0.29, 0.717) is 13.1 Å². The quantitative estimate of drug-likeness (QED) is 0.754. The summed E-state index contributed by atoms with van der Waals surface area (Å²) in [7, 11) is 4.02. The Hall–Kier alpha value is -3.02. The Bertz CT molecular complexity index is 833. The number of likely N-dealkylation sites (N-methyl/N-ethyl adjacent to an activating group) is 1. The molecule has 0 spiro atoms. The third-order valence-corrected chi connectivity index (χ3v) is 5.09. The van der Waals surface area contributed by atoms with Gasteiger partial charge in [0.1, 0.15) is 0 Å². The molecule has 6 heteroatoms. The molecule has 1 heterocycles. The fourth-order valence-corrected chi connectivity index (χ4v) is 3.60. The van der Waals surface area contributed by atoms with Crippen LogP contribution in [-0.4, -0.2) is 45.5 Å². The van der Waals surface area contributed by atoms with Crippen LogP contribution in [0.5, 0.6) is 0 Å². The largest absolute Gasteiger partial charge is 0.378 e. The highest BCUT2D eigenvalue weighted by Gasteiger charge is 2.28. The zero-order valence-electron chi connectivity index (χ0n) is 16.7. The summed E-state index contributed by atoms with van der Waals surface area (Å²) in [5.74, 6) is -1.18. The van der Waals surface area contributed by atoms with E-state index in [0.717, 1.165) is 24.2 Å². The van der Waals surface area contributed by atoms with Gasteiger partial charge in [-0.25, -0.2) is 0 Å². The molecule has 3 rings (SSSR count). The predicted molar refractivity (Wildman–Crippen MR) is 113 cm³/mol. The summed E-state index contributed by atoms with van der Waals surface area (Å²) in [4.78, 5) is 28.3. The Labute approximate surface area is 166 Å². The van der Waals surface area contributed by atoms with E-state index < -0.39 is 11.8 Å². The maximum Gasteiger partial charge on any atom is 0.309 e. The minimum absolute atomic E-state index is 0.0433. The molecule has 0 bridgehead atoms. The number of nitrogens with one attached hydrogen (secondary N) is 2. The fourth-order valence-electron chi connectivity index (χ4n) is 3.60. The van der Waals surface area contributed by atoms with Crippen molar-refractivity contribution in [1.29, 1.82) is 0 Å². The van der Waals surface area contributed by atoms with Gasteiger partial charge in [0.2, 0.25) is 0 Å². The van der Waals surface area contributed by atoms with Gasteiger partial charge in [-0.3, -0.25) is 9.59 Å². The van der Waals surface area contributed by atoms with Crippen LogP contribution in [0.2, 0.25) is 0 Å². The van der Waals surface area contributed by atoms with Crippen LogP contribution in [0.25, 0.3) is 0 Å². The first-order valence-electron chi connectivity index (χ1n) is 9.69. The molecule has 1 atom stereocenters. The third kappa shape index (κ3) is 4.27. The smallest absolute Gasteiger partial charge is 0.309 e. The zero-order valence-corrected chi connectivity index (χ0v) is 16.7. The second-order valence-electron chi connectivity index (χ2n) is 7.14. The summed E-state index contributed by atoms with van der Waals surface area (Å²) in [6.07, 6.45) is 0.979. The number of fused-ring (bicyclic) bond motifs is 1. The van der Waals surface area contributed by atoms with E-state index in [4.69, 9.17) is 0 Å². The highest BCUT2D eigenvalue weighted by Crippen LogP contribution is 2.35. The molecule has 0 saturated heterocycles. The molecular weight excluding hydrogens is 352 g/mol. The van der Waals surface area contributed by atoms with Gasteiger partial charge in [-0.15, -0.1) is 0 Å². The number of rotatable bonds is 6. The van der Waals surface area contributed by atoms with Gasteiger partial charge in [-0.2, -0.15) is 0 Å². The molecule has 2 aromatic rings. The van der Waals surface area contributed by atoms with Crippen molar-refractivity contribution in [3.8, 4) is 0 Å². The number of anilines is 2. The van der Waals surface area contributed by atoms with Crippen molar-refractivity contribution in [2.75, 3.05) is 43.5 Å². The van der Waals surface area contributed by atoms with Gasteiger partial charge in [-0.1, -0.05) is 30.3 Å². The Morgan fingerprint density at radius 3 is 2.39 bits per heavy atom. The van der Waals surface area contributed by atoms with Gasteiger partial charge in [0.05, 0.1) is 6.04 Å². The molecule has 28 heavy (non-hydrogen) atoms. The van der Waals surface area contributed by atoms with Gasteiger partial charge in [-0.05, 0) is 42.7 Å². The summed E-state index contributed by atoms with van der Waals surface area (Å²) >= 11 is 0. The summed E-state index contributed by atoms with van der Waals surface area (Å²) in [5.41, 5.74) is 4.73. The normalized spacial score (nSPS) is 13.6. The number of hydrogen-bond acceptors (Lipinski definition) is 4. The first-order chi connectivity index (χ1) is 13.5. The number of carbonyl (C=O) groups is 2. The topological polar surface area (TPSA) is 64.7 Å². The van der Waals surface area contributed by atoms with Gasteiger partial charge < -0.3 is 20.4 Å². The lowest BCUT2D eigenvalue weighted by Crippen LogP contribution is -2.44. The molecule has 1 aliphatic rings. The van der Waals surface area contributed by atoms with Crippen molar-refractivity contribution < 1.29 is 9.59 Å². The lowest BCUT2D eigenvalue weighted by atomic mass is 10.0. The molecule has 0 aliphatic carbocycles. The van der Waals surface area contributed by atoms with Crippen LogP contribution in [0, 0.1) is 0 Å². The Balaban J connectivity index is 1.84. The second-order valence-corrected chi connectivity index (χ2v) is 7.14. The standard InChI is InChI=1S/C22H28N4O2/c1-4-23-21(27)22(28)24-15-20(17-9-11-18(12-10-17)25(2)3)26-14-13-16-7-5-6-8-19(16)26/h5-12,20H,4,13-15H2,1-3H3,(H,23,27)(H,24,28). The van der Waals surface area contributed by atoms with Crippen molar-refractivity contribution in [1.82, 2.24) is 10.6 Å². The highest BCUT2D eigenvalue weighted by molar-refractivity contribution is 6.35. The molecule has 0 fully saturated rings. The third-order valence-electron chi connectivity index (χ3n) is 5.09. The van der Waals surface area contributed by atoms with E-state index in [2.05, 4.69) is 62.9 Å². The van der Waals surface area contributed by atoms with Crippen LogP contribution in [-0.2, 0) is 16.0 Å². The maximum atomic E-state index is 12.1. The van der Waals surface area contributed by atoms with Crippen LogP contribution >= 0.6 is 0 Å². The molecule has 1 unspecified atom stereocenters. The fraction of sp³-hybridized carbons (Fsp3) is 0.364. The lowest BCUT2D eigenvalue weighted by molar-refractivity contribution is -0.139. The number of benzene rings is 2. The van der Waals surface area contributed by atoms with Crippen molar-refractivity contribution >= 4 is 23.2 Å². The van der Waals surface area contributed by atoms with Crippen LogP contribution in [0.15, 0.2) is 48.5 Å². The summed E-state index contributed by atoms with van der Waals surface area (Å²) in [6.45, 7) is 3.48. The van der Waals surface area contributed by atoms with Gasteiger partial charge in [0.15, 0.2) is 0 Å². The van der Waals surface area contributed by atoms with Gasteiger partial charge >= 0.3 is 11.8 Å². The summed E-state index contributed by atoms with van der Waals surface area (Å²) in [6, 6.07) is 16.7. The number of carbonyl (C=O) groups excluding carboxylic acids is 2. The van der Waals surface area contributed by atoms with E-state index in [1.807, 2.05) is 20.2 Å². The van der Waals surface area contributed by atoms with E-state index in [-0.39, 0.29) is 6.04 Å². The van der Waals surface area contributed by atoms with Crippen LogP contribution < -0.4 is 20.4 Å². The summed E-state index contributed by atoms with van der Waals surface area (Å²) in [5, 5.41) is 5.35. The first kappa shape index (κ1) is 19.7. The van der Waals surface area contributed by atoms with Crippen LogP contribution in [0.3, 0.4) is 0 Å². The molecule has 1 aliphatic heterocycles. The predicted octanol–water partition coefficient (Wildman–Crippen LogP) is 2.11.